The number of hydrogen-bond donors (Lipinski definition) is 0. The molecular weight excluding hydrogens is 649 g/mol. The summed E-state index contributed by atoms with van der Waals surface area (Å²) in [7, 11) is 1.65. The van der Waals surface area contributed by atoms with Gasteiger partial charge in [0, 0.05) is 47.8 Å². The molecule has 3 aliphatic rings. The Kier molecular flexibility index (Phi) is 7.72. The third-order valence-electron chi connectivity index (χ3n) is 9.18. The van der Waals surface area contributed by atoms with Crippen LogP contribution in [-0.2, 0) is 16.2 Å². The molecule has 0 atom stereocenters. The summed E-state index contributed by atoms with van der Waals surface area (Å²) in [5.74, 6) is 1.15. The van der Waals surface area contributed by atoms with Crippen LogP contribution in [0.4, 0.5) is 0 Å². The van der Waals surface area contributed by atoms with Crippen LogP contribution in [0.2, 0.25) is 0 Å². The predicted molar refractivity (Wildman–Crippen MR) is 179 cm³/mol. The quantitative estimate of drug-likeness (QED) is 0.243. The average molecular weight is 690 g/mol. The van der Waals surface area contributed by atoms with Gasteiger partial charge in [0.25, 0.3) is 0 Å². The minimum atomic E-state index is -0.408. The Labute approximate surface area is 268 Å². The highest BCUT2D eigenvalue weighted by Crippen LogP contribution is 2.55. The monoisotopic (exact) mass is 689 g/mol. The molecule has 0 amide bonds. The molecule has 43 heavy (non-hydrogen) atoms. The number of methoxy groups -OCH3 is 1. The van der Waals surface area contributed by atoms with Crippen LogP contribution in [0.25, 0.3) is 10.8 Å². The van der Waals surface area contributed by atoms with Crippen molar-refractivity contribution in [2.75, 3.05) is 13.7 Å². The minimum absolute atomic E-state index is 0.133. The van der Waals surface area contributed by atoms with Crippen molar-refractivity contribution in [3.8, 4) is 11.5 Å². The second kappa shape index (κ2) is 11.1. The number of nitrogens with zero attached hydrogens (tertiary/aromatic N) is 1. The number of carbonyl (C=O) groups is 2. The molecule has 3 aromatic carbocycles. The third-order valence-corrected chi connectivity index (χ3v) is 9.98. The number of carbonyl (C=O) groups excluding carboxylic acids is 2. The Morgan fingerprint density at radius 3 is 2.07 bits per heavy atom. The number of halogens is 1. The fourth-order valence-corrected chi connectivity index (χ4v) is 8.16. The fraction of sp³-hybridized carbons (Fsp3) is 0.405. The number of fused-ring (bicyclic) bond motifs is 1. The van der Waals surface area contributed by atoms with Crippen molar-refractivity contribution in [2.45, 2.75) is 72.8 Å². The lowest BCUT2D eigenvalue weighted by Crippen LogP contribution is -2.44. The molecule has 0 radical (unpaired) electrons. The SMILES string of the molecule is CCN1C2=C(C(=O)CC(C)(C)C2)C(c2cc(I)c(OCc3cccc4ccccc34)c(OC)c2)C2=C1CC(C)(C)CC2=O. The average Bonchev–Trinajstić information content (AvgIpc) is 2.94. The van der Waals surface area contributed by atoms with Gasteiger partial charge in [-0.2, -0.15) is 0 Å². The first-order chi connectivity index (χ1) is 20.4. The molecule has 0 aromatic heterocycles. The van der Waals surface area contributed by atoms with E-state index in [1.165, 1.54) is 5.39 Å². The van der Waals surface area contributed by atoms with Gasteiger partial charge in [0.05, 0.1) is 10.7 Å². The Morgan fingerprint density at radius 1 is 0.860 bits per heavy atom. The molecule has 6 rings (SSSR count). The van der Waals surface area contributed by atoms with Crippen LogP contribution >= 0.6 is 22.6 Å². The molecule has 0 saturated carbocycles. The largest absolute Gasteiger partial charge is 0.493 e. The first-order valence-electron chi connectivity index (χ1n) is 15.2. The lowest BCUT2D eigenvalue weighted by Gasteiger charge is -2.49. The number of rotatable bonds is 6. The van der Waals surface area contributed by atoms with E-state index in [0.717, 1.165) is 62.0 Å². The van der Waals surface area contributed by atoms with Crippen LogP contribution in [-0.4, -0.2) is 30.1 Å². The van der Waals surface area contributed by atoms with Gasteiger partial charge < -0.3 is 14.4 Å². The van der Waals surface area contributed by atoms with Crippen LogP contribution in [0.15, 0.2) is 77.1 Å². The maximum absolute atomic E-state index is 14.0. The van der Waals surface area contributed by atoms with Gasteiger partial charge in [-0.3, -0.25) is 9.59 Å². The van der Waals surface area contributed by atoms with Gasteiger partial charge in [0.15, 0.2) is 23.1 Å². The Morgan fingerprint density at radius 2 is 1.47 bits per heavy atom. The standard InChI is InChI=1S/C37H40INO4/c1-7-39-27-17-36(2,3)19-29(40)33(27)32(34-28(39)18-37(4,5)20-30(34)41)24-15-26(38)35(31(16-24)42-6)43-21-23-13-10-12-22-11-8-9-14-25(22)23/h8-16,32H,7,17-21H2,1-6H3. The van der Waals surface area contributed by atoms with Gasteiger partial charge in [0.1, 0.15) is 6.61 Å². The summed E-state index contributed by atoms with van der Waals surface area (Å²) in [6.45, 7) is 11.9. The highest BCUT2D eigenvalue weighted by Gasteiger charge is 2.48. The first kappa shape index (κ1) is 29.9. The van der Waals surface area contributed by atoms with Crippen molar-refractivity contribution >= 4 is 44.9 Å². The molecule has 1 aliphatic heterocycles. The summed E-state index contributed by atoms with van der Waals surface area (Å²) < 4.78 is 13.3. The molecule has 0 fully saturated rings. The van der Waals surface area contributed by atoms with Crippen molar-refractivity contribution in [1.82, 2.24) is 4.90 Å². The highest BCUT2D eigenvalue weighted by atomic mass is 127. The van der Waals surface area contributed by atoms with Gasteiger partial charge in [-0.15, -0.1) is 0 Å². The van der Waals surface area contributed by atoms with Crippen LogP contribution < -0.4 is 9.47 Å². The molecule has 5 nitrogen and oxygen atoms in total. The van der Waals surface area contributed by atoms with Crippen LogP contribution in [0.5, 0.6) is 11.5 Å². The Balaban J connectivity index is 1.46. The van der Waals surface area contributed by atoms with Crippen LogP contribution in [0, 0.1) is 14.4 Å². The zero-order chi connectivity index (χ0) is 30.7. The molecule has 0 spiro atoms. The minimum Gasteiger partial charge on any atom is -0.493 e. The lowest BCUT2D eigenvalue weighted by molar-refractivity contribution is -0.119. The number of ketones is 2. The van der Waals surface area contributed by atoms with Gasteiger partial charge in [0.2, 0.25) is 0 Å². The molecular formula is C37H40INO4. The zero-order valence-corrected chi connectivity index (χ0v) is 28.1. The van der Waals surface area contributed by atoms with E-state index in [1.807, 2.05) is 18.2 Å². The van der Waals surface area contributed by atoms with E-state index in [-0.39, 0.29) is 22.4 Å². The molecule has 1 heterocycles. The van der Waals surface area contributed by atoms with Crippen molar-refractivity contribution in [3.63, 3.8) is 0 Å². The topological polar surface area (TPSA) is 55.8 Å². The second-order valence-corrected chi connectivity index (χ2v) is 14.9. The van der Waals surface area contributed by atoms with Crippen molar-refractivity contribution in [2.24, 2.45) is 10.8 Å². The molecule has 3 aromatic rings. The smallest absolute Gasteiger partial charge is 0.174 e. The predicted octanol–water partition coefficient (Wildman–Crippen LogP) is 8.74. The van der Waals surface area contributed by atoms with Crippen LogP contribution in [0.3, 0.4) is 0 Å². The molecule has 6 heteroatoms. The van der Waals surface area contributed by atoms with E-state index in [0.29, 0.717) is 30.9 Å². The fourth-order valence-electron chi connectivity index (χ4n) is 7.38. The molecule has 0 unspecified atom stereocenters. The summed E-state index contributed by atoms with van der Waals surface area (Å²) >= 11 is 2.30. The summed E-state index contributed by atoms with van der Waals surface area (Å²) in [5, 5.41) is 2.34. The third kappa shape index (κ3) is 5.41. The molecule has 2 aliphatic carbocycles. The second-order valence-electron chi connectivity index (χ2n) is 13.7. The summed E-state index contributed by atoms with van der Waals surface area (Å²) in [6, 6.07) is 18.6. The van der Waals surface area contributed by atoms with E-state index in [1.54, 1.807) is 7.11 Å². The number of hydrogen-bond acceptors (Lipinski definition) is 5. The number of Topliss-reactive ketones (excluding diaryl/α,β-unsaturated/α-hetero) is 2. The van der Waals surface area contributed by atoms with E-state index in [4.69, 9.17) is 9.47 Å². The summed E-state index contributed by atoms with van der Waals surface area (Å²) in [5.41, 5.74) is 5.49. The van der Waals surface area contributed by atoms with Crippen LogP contribution in [0.1, 0.15) is 77.3 Å². The van der Waals surface area contributed by atoms with Crippen molar-refractivity contribution in [1.29, 1.82) is 0 Å². The normalized spacial score (nSPS) is 19.9. The van der Waals surface area contributed by atoms with Gasteiger partial charge in [-0.25, -0.2) is 0 Å². The highest BCUT2D eigenvalue weighted by molar-refractivity contribution is 14.1. The summed E-state index contributed by atoms with van der Waals surface area (Å²) in [6.07, 6.45) is 2.57. The zero-order valence-electron chi connectivity index (χ0n) is 26.0. The van der Waals surface area contributed by atoms with Crippen molar-refractivity contribution < 1.29 is 19.1 Å². The maximum Gasteiger partial charge on any atom is 0.174 e. The van der Waals surface area contributed by atoms with E-state index < -0.39 is 5.92 Å². The Hall–Kier alpha value is -3.13. The van der Waals surface area contributed by atoms with Gasteiger partial charge in [-0.1, -0.05) is 70.2 Å². The van der Waals surface area contributed by atoms with E-state index in [2.05, 4.69) is 98.5 Å². The summed E-state index contributed by atoms with van der Waals surface area (Å²) in [4.78, 5) is 30.3. The molecule has 0 bridgehead atoms. The maximum atomic E-state index is 14.0. The number of allylic oxidation sites excluding steroid dienone is 4. The van der Waals surface area contributed by atoms with E-state index >= 15 is 0 Å². The van der Waals surface area contributed by atoms with Gasteiger partial charge in [-0.05, 0) is 87.2 Å². The Bertz CT molecular complexity index is 1650. The lowest BCUT2D eigenvalue weighted by atomic mass is 9.63. The van der Waals surface area contributed by atoms with Gasteiger partial charge >= 0.3 is 0 Å². The van der Waals surface area contributed by atoms with E-state index in [9.17, 15) is 9.59 Å². The van der Waals surface area contributed by atoms with Crippen molar-refractivity contribution in [3.05, 3.63) is 91.8 Å². The molecule has 0 N–H and O–H groups in total. The number of benzene rings is 3. The molecule has 0 saturated heterocycles. The number of ether oxygens (including phenoxy) is 2. The molecule has 224 valence electrons. The first-order valence-corrected chi connectivity index (χ1v) is 16.3.